The molecule has 0 spiro atoms. The first-order valence-corrected chi connectivity index (χ1v) is 6.59. The number of hydrogen-bond acceptors (Lipinski definition) is 0. The number of allylic oxidation sites excluding steroid dienone is 2. The van der Waals surface area contributed by atoms with Gasteiger partial charge in [0, 0.05) is 0 Å². The molecule has 17 heavy (non-hydrogen) atoms. The monoisotopic (exact) mass is 230 g/mol. The first-order chi connectivity index (χ1) is 8.16. The van der Waals surface area contributed by atoms with Gasteiger partial charge in [0.25, 0.3) is 0 Å². The summed E-state index contributed by atoms with van der Waals surface area (Å²) < 4.78 is 13.0. The molecule has 0 unspecified atom stereocenters. The molecule has 2 fully saturated rings. The summed E-state index contributed by atoms with van der Waals surface area (Å²) in [5.41, 5.74) is 4.55. The Hall–Kier alpha value is -1.11. The molecule has 1 heteroatoms. The van der Waals surface area contributed by atoms with Crippen molar-refractivity contribution in [1.82, 2.24) is 0 Å². The van der Waals surface area contributed by atoms with E-state index in [1.54, 1.807) is 17.7 Å². The predicted molar refractivity (Wildman–Crippen MR) is 68.3 cm³/mol. The Morgan fingerprint density at radius 3 is 2.35 bits per heavy atom. The van der Waals surface area contributed by atoms with Gasteiger partial charge >= 0.3 is 0 Å². The molecular formula is C16H19F. The van der Waals surface area contributed by atoms with Crippen molar-refractivity contribution < 1.29 is 4.39 Å². The standard InChI is InChI=1S/C16H19F/c1-10(2)16-12-5-8-14(16)15(9-12)11-3-6-13(17)7-4-11/h3-4,6-7,12,14-15H,5,8-9H2,1-2H3/t12-,14+,15-/m1/s1. The zero-order chi connectivity index (χ0) is 12.0. The topological polar surface area (TPSA) is 0 Å². The fourth-order valence-electron chi connectivity index (χ4n) is 3.99. The minimum absolute atomic E-state index is 0.126. The van der Waals surface area contributed by atoms with Crippen molar-refractivity contribution in [3.8, 4) is 0 Å². The van der Waals surface area contributed by atoms with Crippen LogP contribution in [0.2, 0.25) is 0 Å². The SMILES string of the molecule is CC(C)=C1[C@@H]2CC[C@H]1[C@@H](c1ccc(F)cc1)C2. The van der Waals surface area contributed by atoms with Crippen LogP contribution in [0.5, 0.6) is 0 Å². The third kappa shape index (κ3) is 1.72. The highest BCUT2D eigenvalue weighted by Gasteiger charge is 2.44. The van der Waals surface area contributed by atoms with Crippen LogP contribution in [0.4, 0.5) is 4.39 Å². The van der Waals surface area contributed by atoms with Gasteiger partial charge in [0.15, 0.2) is 0 Å². The fraction of sp³-hybridized carbons (Fsp3) is 0.500. The van der Waals surface area contributed by atoms with Gasteiger partial charge in [-0.25, -0.2) is 4.39 Å². The Balaban J connectivity index is 1.93. The molecule has 2 saturated carbocycles. The van der Waals surface area contributed by atoms with Crippen LogP contribution < -0.4 is 0 Å². The lowest BCUT2D eigenvalue weighted by molar-refractivity contribution is 0.420. The molecule has 0 saturated heterocycles. The minimum atomic E-state index is -0.126. The van der Waals surface area contributed by atoms with Crippen molar-refractivity contribution in [1.29, 1.82) is 0 Å². The zero-order valence-electron chi connectivity index (χ0n) is 10.5. The molecule has 3 rings (SSSR count). The van der Waals surface area contributed by atoms with Crippen molar-refractivity contribution in [2.75, 3.05) is 0 Å². The second kappa shape index (κ2) is 3.97. The van der Waals surface area contributed by atoms with E-state index in [-0.39, 0.29) is 5.82 Å². The lowest BCUT2D eigenvalue weighted by Crippen LogP contribution is -2.08. The molecule has 0 radical (unpaired) electrons. The molecule has 2 bridgehead atoms. The first-order valence-electron chi connectivity index (χ1n) is 6.59. The molecular weight excluding hydrogens is 211 g/mol. The van der Waals surface area contributed by atoms with Crippen LogP contribution in [0, 0.1) is 17.7 Å². The predicted octanol–water partition coefficient (Wildman–Crippen LogP) is 4.68. The van der Waals surface area contributed by atoms with Crippen molar-refractivity contribution in [2.24, 2.45) is 11.8 Å². The van der Waals surface area contributed by atoms with Crippen LogP contribution in [0.3, 0.4) is 0 Å². The van der Waals surface area contributed by atoms with Gasteiger partial charge < -0.3 is 0 Å². The van der Waals surface area contributed by atoms with E-state index < -0.39 is 0 Å². The highest BCUT2D eigenvalue weighted by atomic mass is 19.1. The van der Waals surface area contributed by atoms with Gasteiger partial charge in [-0.05, 0) is 68.6 Å². The van der Waals surface area contributed by atoms with Crippen molar-refractivity contribution >= 4 is 0 Å². The van der Waals surface area contributed by atoms with Gasteiger partial charge in [-0.2, -0.15) is 0 Å². The molecule has 1 aromatic rings. The second-order valence-corrected chi connectivity index (χ2v) is 5.73. The molecule has 3 atom stereocenters. The minimum Gasteiger partial charge on any atom is -0.207 e. The smallest absolute Gasteiger partial charge is 0.123 e. The van der Waals surface area contributed by atoms with E-state index in [1.165, 1.54) is 30.4 Å². The van der Waals surface area contributed by atoms with Gasteiger partial charge in [-0.1, -0.05) is 23.3 Å². The van der Waals surface area contributed by atoms with E-state index >= 15 is 0 Å². The Kier molecular flexibility index (Phi) is 2.57. The Morgan fingerprint density at radius 1 is 1.06 bits per heavy atom. The van der Waals surface area contributed by atoms with Gasteiger partial charge in [-0.15, -0.1) is 0 Å². The summed E-state index contributed by atoms with van der Waals surface area (Å²) in [5, 5.41) is 0. The summed E-state index contributed by atoms with van der Waals surface area (Å²) >= 11 is 0. The van der Waals surface area contributed by atoms with Gasteiger partial charge in [0.2, 0.25) is 0 Å². The van der Waals surface area contributed by atoms with Crippen LogP contribution in [0.25, 0.3) is 0 Å². The van der Waals surface area contributed by atoms with Crippen molar-refractivity contribution in [3.63, 3.8) is 0 Å². The summed E-state index contributed by atoms with van der Waals surface area (Å²) in [6.45, 7) is 4.49. The van der Waals surface area contributed by atoms with E-state index in [4.69, 9.17) is 0 Å². The average Bonchev–Trinajstić information content (AvgIpc) is 2.87. The Bertz CT molecular complexity index is 451. The second-order valence-electron chi connectivity index (χ2n) is 5.73. The quantitative estimate of drug-likeness (QED) is 0.615. The van der Waals surface area contributed by atoms with Crippen molar-refractivity contribution in [2.45, 2.75) is 39.0 Å². The van der Waals surface area contributed by atoms with E-state index in [2.05, 4.69) is 13.8 Å². The molecule has 90 valence electrons. The van der Waals surface area contributed by atoms with E-state index in [0.717, 1.165) is 11.8 Å². The third-order valence-electron chi connectivity index (χ3n) is 4.57. The molecule has 0 amide bonds. The molecule has 0 N–H and O–H groups in total. The van der Waals surface area contributed by atoms with Crippen LogP contribution in [-0.4, -0.2) is 0 Å². The highest BCUT2D eigenvalue weighted by molar-refractivity contribution is 5.34. The van der Waals surface area contributed by atoms with Crippen molar-refractivity contribution in [3.05, 3.63) is 46.8 Å². The van der Waals surface area contributed by atoms with E-state index in [9.17, 15) is 4.39 Å². The summed E-state index contributed by atoms with van der Waals surface area (Å²) in [4.78, 5) is 0. The maximum atomic E-state index is 13.0. The van der Waals surface area contributed by atoms with Crippen LogP contribution >= 0.6 is 0 Å². The molecule has 0 aliphatic heterocycles. The van der Waals surface area contributed by atoms with Crippen LogP contribution in [-0.2, 0) is 0 Å². The molecule has 0 heterocycles. The number of halogens is 1. The molecule has 0 aromatic heterocycles. The average molecular weight is 230 g/mol. The maximum absolute atomic E-state index is 13.0. The summed E-state index contributed by atoms with van der Waals surface area (Å²) in [7, 11) is 0. The van der Waals surface area contributed by atoms with Crippen LogP contribution in [0.15, 0.2) is 35.4 Å². The lowest BCUT2D eigenvalue weighted by atomic mass is 9.83. The number of benzene rings is 1. The summed E-state index contributed by atoms with van der Waals surface area (Å²) in [6.07, 6.45) is 3.97. The largest absolute Gasteiger partial charge is 0.207 e. The van der Waals surface area contributed by atoms with Gasteiger partial charge in [0.05, 0.1) is 0 Å². The fourth-order valence-corrected chi connectivity index (χ4v) is 3.99. The lowest BCUT2D eigenvalue weighted by Gasteiger charge is -2.21. The maximum Gasteiger partial charge on any atom is 0.123 e. The first kappa shape index (κ1) is 11.0. The Morgan fingerprint density at radius 2 is 1.76 bits per heavy atom. The molecule has 0 nitrogen and oxygen atoms in total. The summed E-state index contributed by atoms with van der Waals surface area (Å²) in [6, 6.07) is 7.15. The number of rotatable bonds is 1. The molecule has 2 aliphatic rings. The van der Waals surface area contributed by atoms with E-state index in [0.29, 0.717) is 5.92 Å². The molecule has 2 aliphatic carbocycles. The molecule has 1 aromatic carbocycles. The van der Waals surface area contributed by atoms with Gasteiger partial charge in [0.1, 0.15) is 5.82 Å². The van der Waals surface area contributed by atoms with Gasteiger partial charge in [-0.3, -0.25) is 0 Å². The highest BCUT2D eigenvalue weighted by Crippen LogP contribution is 2.57. The zero-order valence-corrected chi connectivity index (χ0v) is 10.5. The Labute approximate surface area is 103 Å². The normalized spacial score (nSPS) is 31.0. The number of fused-ring (bicyclic) bond motifs is 2. The number of hydrogen-bond donors (Lipinski definition) is 0. The van der Waals surface area contributed by atoms with E-state index in [1.807, 2.05) is 12.1 Å². The third-order valence-corrected chi connectivity index (χ3v) is 4.57. The summed E-state index contributed by atoms with van der Waals surface area (Å²) in [5.74, 6) is 2.05. The van der Waals surface area contributed by atoms with Crippen LogP contribution in [0.1, 0.15) is 44.6 Å².